The summed E-state index contributed by atoms with van der Waals surface area (Å²) in [6, 6.07) is 4.26. The van der Waals surface area contributed by atoms with Gasteiger partial charge in [-0.15, -0.1) is 0 Å². The van der Waals surface area contributed by atoms with E-state index in [1.165, 1.54) is 11.1 Å². The maximum Gasteiger partial charge on any atom is 0.125 e. The molecule has 2 rings (SSSR count). The van der Waals surface area contributed by atoms with Crippen molar-refractivity contribution in [3.05, 3.63) is 28.3 Å². The van der Waals surface area contributed by atoms with E-state index in [4.69, 9.17) is 22.2 Å². The Kier molecular flexibility index (Phi) is 5.18. The number of fused-ring (bicyclic) bond motifs is 1. The largest absolute Gasteiger partial charge is 0.493 e. The first kappa shape index (κ1) is 14.0. The number of nitrogens with one attached hydrogen (secondary N) is 1. The number of thioether (sulfide) groups is 1. The van der Waals surface area contributed by atoms with Crippen LogP contribution in [-0.2, 0) is 12.8 Å². The zero-order valence-electron chi connectivity index (χ0n) is 10.5. The normalized spacial score (nSPS) is 15.3. The van der Waals surface area contributed by atoms with Crippen LogP contribution in [0.1, 0.15) is 17.5 Å². The van der Waals surface area contributed by atoms with Crippen LogP contribution in [0.25, 0.3) is 0 Å². The molecule has 0 amide bonds. The lowest BCUT2D eigenvalue weighted by atomic mass is 10.0. The highest BCUT2D eigenvalue weighted by Gasteiger charge is 2.19. The van der Waals surface area contributed by atoms with Crippen LogP contribution in [-0.4, -0.2) is 24.7 Å². The lowest BCUT2D eigenvalue weighted by molar-refractivity contribution is 0.351. The highest BCUT2D eigenvalue weighted by molar-refractivity contribution is 7.98. The van der Waals surface area contributed by atoms with Crippen molar-refractivity contribution in [1.29, 1.82) is 0 Å². The Bertz CT molecular complexity index is 414. The summed E-state index contributed by atoms with van der Waals surface area (Å²) in [6.45, 7) is 0.758. The molecule has 0 bridgehead atoms. The van der Waals surface area contributed by atoms with E-state index < -0.39 is 0 Å². The van der Waals surface area contributed by atoms with Gasteiger partial charge in [0.1, 0.15) is 5.75 Å². The van der Waals surface area contributed by atoms with Crippen LogP contribution in [0.2, 0.25) is 5.02 Å². The van der Waals surface area contributed by atoms with Crippen molar-refractivity contribution in [2.24, 2.45) is 5.84 Å². The number of hydrazine groups is 1. The van der Waals surface area contributed by atoms with Crippen molar-refractivity contribution in [2.75, 3.05) is 18.6 Å². The molecule has 5 heteroatoms. The topological polar surface area (TPSA) is 47.3 Å². The number of ether oxygens (including phenoxy) is 1. The number of hydrogen-bond acceptors (Lipinski definition) is 4. The van der Waals surface area contributed by atoms with Gasteiger partial charge in [0.2, 0.25) is 0 Å². The summed E-state index contributed by atoms with van der Waals surface area (Å²) in [4.78, 5) is 0. The van der Waals surface area contributed by atoms with E-state index in [0.29, 0.717) is 0 Å². The van der Waals surface area contributed by atoms with E-state index >= 15 is 0 Å². The molecule has 1 unspecified atom stereocenters. The van der Waals surface area contributed by atoms with Crippen LogP contribution < -0.4 is 16.0 Å². The summed E-state index contributed by atoms with van der Waals surface area (Å²) in [5.74, 6) is 7.72. The lowest BCUT2D eigenvalue weighted by Gasteiger charge is -2.17. The van der Waals surface area contributed by atoms with E-state index in [1.54, 1.807) is 0 Å². The fourth-order valence-electron chi connectivity index (χ4n) is 2.27. The molecule has 0 radical (unpaired) electrons. The zero-order chi connectivity index (χ0) is 13.0. The molecule has 0 aromatic heterocycles. The molecule has 1 aliphatic heterocycles. The van der Waals surface area contributed by atoms with Crippen molar-refractivity contribution in [3.8, 4) is 5.75 Å². The van der Waals surface area contributed by atoms with Gasteiger partial charge in [0.15, 0.2) is 0 Å². The van der Waals surface area contributed by atoms with Gasteiger partial charge in [0.25, 0.3) is 0 Å². The molecule has 0 aliphatic carbocycles. The van der Waals surface area contributed by atoms with Gasteiger partial charge in [-0.25, -0.2) is 0 Å². The van der Waals surface area contributed by atoms with Crippen LogP contribution in [0.4, 0.5) is 0 Å². The van der Waals surface area contributed by atoms with Gasteiger partial charge in [-0.2, -0.15) is 11.8 Å². The van der Waals surface area contributed by atoms with Crippen LogP contribution in [0, 0.1) is 0 Å². The molecule has 0 fully saturated rings. The number of hydrogen-bond donors (Lipinski definition) is 2. The quantitative estimate of drug-likeness (QED) is 0.623. The molecule has 1 heterocycles. The molecular formula is C13H19ClN2OS. The Morgan fingerprint density at radius 2 is 2.39 bits per heavy atom. The molecule has 0 saturated heterocycles. The van der Waals surface area contributed by atoms with Crippen molar-refractivity contribution < 1.29 is 4.74 Å². The molecule has 100 valence electrons. The number of rotatable bonds is 6. The van der Waals surface area contributed by atoms with Crippen molar-refractivity contribution >= 4 is 23.4 Å². The molecule has 3 nitrogen and oxygen atoms in total. The van der Waals surface area contributed by atoms with Gasteiger partial charge in [-0.05, 0) is 48.1 Å². The third kappa shape index (κ3) is 3.32. The van der Waals surface area contributed by atoms with E-state index in [1.807, 2.05) is 23.9 Å². The summed E-state index contributed by atoms with van der Waals surface area (Å²) in [5.41, 5.74) is 5.27. The molecule has 3 N–H and O–H groups in total. The van der Waals surface area contributed by atoms with E-state index in [0.717, 1.165) is 42.4 Å². The molecule has 1 aromatic carbocycles. The zero-order valence-corrected chi connectivity index (χ0v) is 12.1. The Morgan fingerprint density at radius 1 is 1.56 bits per heavy atom. The smallest absolute Gasteiger partial charge is 0.125 e. The third-order valence-corrected chi connectivity index (χ3v) is 4.06. The first-order valence-electron chi connectivity index (χ1n) is 6.13. The van der Waals surface area contributed by atoms with Gasteiger partial charge < -0.3 is 4.74 Å². The highest BCUT2D eigenvalue weighted by Crippen LogP contribution is 2.33. The predicted molar refractivity (Wildman–Crippen MR) is 78.5 cm³/mol. The van der Waals surface area contributed by atoms with E-state index in [2.05, 4.69) is 11.7 Å². The second kappa shape index (κ2) is 6.66. The SMILES string of the molecule is CSCCC(Cc1cc(Cl)cc2c1OCC2)NN. The fourth-order valence-corrected chi connectivity index (χ4v) is 3.05. The molecule has 0 spiro atoms. The maximum absolute atomic E-state index is 6.15. The number of nitrogens with two attached hydrogens (primary N) is 1. The molecule has 1 aliphatic rings. The highest BCUT2D eigenvalue weighted by atomic mass is 35.5. The van der Waals surface area contributed by atoms with E-state index in [9.17, 15) is 0 Å². The first-order valence-corrected chi connectivity index (χ1v) is 7.91. The first-order chi connectivity index (χ1) is 8.74. The monoisotopic (exact) mass is 286 g/mol. The summed E-state index contributed by atoms with van der Waals surface area (Å²) in [5, 5.41) is 0.787. The van der Waals surface area contributed by atoms with Crippen molar-refractivity contribution in [3.63, 3.8) is 0 Å². The molecule has 18 heavy (non-hydrogen) atoms. The van der Waals surface area contributed by atoms with E-state index in [-0.39, 0.29) is 6.04 Å². The van der Waals surface area contributed by atoms with Crippen molar-refractivity contribution in [1.82, 2.24) is 5.43 Å². The van der Waals surface area contributed by atoms with Gasteiger partial charge in [-0.1, -0.05) is 11.6 Å². The van der Waals surface area contributed by atoms with Crippen LogP contribution in [0.5, 0.6) is 5.75 Å². The average molecular weight is 287 g/mol. The van der Waals surface area contributed by atoms with Gasteiger partial charge in [-0.3, -0.25) is 11.3 Å². The Morgan fingerprint density at radius 3 is 3.11 bits per heavy atom. The van der Waals surface area contributed by atoms with Crippen LogP contribution in [0.3, 0.4) is 0 Å². The summed E-state index contributed by atoms with van der Waals surface area (Å²) >= 11 is 7.98. The second-order valence-electron chi connectivity index (χ2n) is 4.50. The second-order valence-corrected chi connectivity index (χ2v) is 5.92. The molecule has 0 saturated carbocycles. The maximum atomic E-state index is 6.15. The Labute approximate surface area is 117 Å². The van der Waals surface area contributed by atoms with Gasteiger partial charge in [0.05, 0.1) is 6.61 Å². The van der Waals surface area contributed by atoms with Crippen LogP contribution >= 0.6 is 23.4 Å². The fraction of sp³-hybridized carbons (Fsp3) is 0.538. The minimum absolute atomic E-state index is 0.268. The minimum atomic E-state index is 0.268. The Hall–Kier alpha value is -0.420. The van der Waals surface area contributed by atoms with Gasteiger partial charge >= 0.3 is 0 Å². The number of halogens is 1. The van der Waals surface area contributed by atoms with Gasteiger partial charge in [0, 0.05) is 17.5 Å². The summed E-state index contributed by atoms with van der Waals surface area (Å²) in [7, 11) is 0. The summed E-state index contributed by atoms with van der Waals surface area (Å²) in [6.07, 6.45) is 4.96. The Balaban J connectivity index is 2.12. The molecule has 1 aromatic rings. The van der Waals surface area contributed by atoms with Crippen LogP contribution in [0.15, 0.2) is 12.1 Å². The minimum Gasteiger partial charge on any atom is -0.493 e. The molecule has 1 atom stereocenters. The predicted octanol–water partition coefficient (Wildman–Crippen LogP) is 2.40. The molecular weight excluding hydrogens is 268 g/mol. The van der Waals surface area contributed by atoms with Crippen molar-refractivity contribution in [2.45, 2.75) is 25.3 Å². The standard InChI is InChI=1S/C13H19ClN2OS/c1-18-5-3-12(16-15)8-10-7-11(14)6-9-2-4-17-13(9)10/h6-7,12,16H,2-5,8,15H2,1H3. The third-order valence-electron chi connectivity index (χ3n) is 3.20. The summed E-state index contributed by atoms with van der Waals surface area (Å²) < 4.78 is 5.70. The lowest BCUT2D eigenvalue weighted by Crippen LogP contribution is -2.37. The number of benzene rings is 1. The average Bonchev–Trinajstić information content (AvgIpc) is 2.82.